The lowest BCUT2D eigenvalue weighted by Crippen LogP contribution is -2.24. The van der Waals surface area contributed by atoms with Crippen LogP contribution in [0.3, 0.4) is 0 Å². The summed E-state index contributed by atoms with van der Waals surface area (Å²) >= 11 is 0. The lowest BCUT2D eigenvalue weighted by molar-refractivity contribution is 0.103. The highest BCUT2D eigenvalue weighted by Crippen LogP contribution is 2.25. The van der Waals surface area contributed by atoms with E-state index in [4.69, 9.17) is 5.14 Å². The second kappa shape index (κ2) is 8.08. The number of nitrogens with zero attached hydrogens (tertiary/aromatic N) is 2. The van der Waals surface area contributed by atoms with Crippen LogP contribution in [0.4, 0.5) is 0 Å². The number of benzene rings is 1. The number of pyridine rings is 1. The number of carbonyl (C=O) groups excluding carboxylic acids is 1. The largest absolute Gasteiger partial charge is 0.345 e. The molecule has 2 aromatic heterocycles. The molecule has 0 saturated carbocycles. The molecule has 146 valence electrons. The summed E-state index contributed by atoms with van der Waals surface area (Å²) in [6.07, 6.45) is 3.73. The Morgan fingerprint density at radius 3 is 2.50 bits per heavy atom. The van der Waals surface area contributed by atoms with Gasteiger partial charge in [-0.2, -0.15) is 0 Å². The molecule has 1 atom stereocenters. The third kappa shape index (κ3) is 4.55. The minimum atomic E-state index is -3.67. The Balaban J connectivity index is 1.96. The van der Waals surface area contributed by atoms with Gasteiger partial charge < -0.3 is 4.57 Å². The number of hydrogen-bond donors (Lipinski definition) is 1. The number of aromatic nitrogens is 2. The van der Waals surface area contributed by atoms with Gasteiger partial charge in [-0.15, -0.1) is 0 Å². The lowest BCUT2D eigenvalue weighted by atomic mass is 9.97. The first-order valence-electron chi connectivity index (χ1n) is 8.91. The Kier molecular flexibility index (Phi) is 5.76. The number of primary sulfonamides is 1. The van der Waals surface area contributed by atoms with E-state index in [0.717, 1.165) is 16.8 Å². The fraction of sp³-hybridized carbons (Fsp3) is 0.238. The Bertz CT molecular complexity index is 1070. The van der Waals surface area contributed by atoms with Crippen molar-refractivity contribution in [3.8, 4) is 0 Å². The topological polar surface area (TPSA) is 95.1 Å². The minimum Gasteiger partial charge on any atom is -0.345 e. The third-order valence-electron chi connectivity index (χ3n) is 4.82. The molecule has 28 heavy (non-hydrogen) atoms. The smallest absolute Gasteiger partial charge is 0.209 e. The molecule has 2 heterocycles. The summed E-state index contributed by atoms with van der Waals surface area (Å²) in [5.41, 5.74) is 3.74. The molecule has 1 aromatic carbocycles. The number of aryl methyl sites for hydroxylation is 1. The van der Waals surface area contributed by atoms with Gasteiger partial charge in [0.15, 0.2) is 0 Å². The molecule has 0 aliphatic heterocycles. The average Bonchev–Trinajstić information content (AvgIpc) is 2.94. The second-order valence-electron chi connectivity index (χ2n) is 6.94. The van der Waals surface area contributed by atoms with E-state index < -0.39 is 10.0 Å². The highest BCUT2D eigenvalue weighted by molar-refractivity contribution is 7.89. The molecule has 0 radical (unpaired) electrons. The first kappa shape index (κ1) is 20.0. The predicted molar refractivity (Wildman–Crippen MR) is 109 cm³/mol. The molecule has 2 N–H and O–H groups in total. The van der Waals surface area contributed by atoms with Gasteiger partial charge in [0.25, 0.3) is 0 Å². The SMILES string of the molecule is Cc1cc(CC(CS(N)(=O)=O)c2cccnc2)n(C)c1C(=O)c1ccccc1. The summed E-state index contributed by atoms with van der Waals surface area (Å²) in [5.74, 6) is -0.599. The highest BCUT2D eigenvalue weighted by Gasteiger charge is 2.23. The van der Waals surface area contributed by atoms with E-state index in [9.17, 15) is 13.2 Å². The number of rotatable bonds is 7. The lowest BCUT2D eigenvalue weighted by Gasteiger charge is -2.17. The zero-order valence-corrected chi connectivity index (χ0v) is 16.7. The highest BCUT2D eigenvalue weighted by atomic mass is 32.2. The van der Waals surface area contributed by atoms with E-state index in [-0.39, 0.29) is 17.5 Å². The van der Waals surface area contributed by atoms with Crippen molar-refractivity contribution in [3.05, 3.63) is 89.0 Å². The first-order valence-corrected chi connectivity index (χ1v) is 10.6. The molecule has 3 aromatic rings. The molecule has 7 heteroatoms. The summed E-state index contributed by atoms with van der Waals surface area (Å²) in [5, 5.41) is 5.32. The van der Waals surface area contributed by atoms with Gasteiger partial charge >= 0.3 is 0 Å². The van der Waals surface area contributed by atoms with Crippen LogP contribution >= 0.6 is 0 Å². The van der Waals surface area contributed by atoms with Gasteiger partial charge in [-0.05, 0) is 36.6 Å². The van der Waals surface area contributed by atoms with E-state index in [2.05, 4.69) is 4.98 Å². The van der Waals surface area contributed by atoms with Crippen molar-refractivity contribution in [2.75, 3.05) is 5.75 Å². The zero-order valence-electron chi connectivity index (χ0n) is 15.9. The average molecular weight is 398 g/mol. The van der Waals surface area contributed by atoms with Gasteiger partial charge in [0.1, 0.15) is 0 Å². The van der Waals surface area contributed by atoms with Gasteiger partial charge in [-0.3, -0.25) is 9.78 Å². The Morgan fingerprint density at radius 2 is 1.89 bits per heavy atom. The number of ketones is 1. The van der Waals surface area contributed by atoms with E-state index in [0.29, 0.717) is 17.7 Å². The van der Waals surface area contributed by atoms with E-state index in [1.807, 2.05) is 48.9 Å². The predicted octanol–water partition coefficient (Wildman–Crippen LogP) is 2.57. The number of sulfonamides is 1. The van der Waals surface area contributed by atoms with Crippen LogP contribution in [0.5, 0.6) is 0 Å². The van der Waals surface area contributed by atoms with Crippen molar-refractivity contribution in [2.45, 2.75) is 19.3 Å². The first-order chi connectivity index (χ1) is 13.3. The molecule has 0 spiro atoms. The van der Waals surface area contributed by atoms with Crippen LogP contribution in [0.25, 0.3) is 0 Å². The van der Waals surface area contributed by atoms with Crippen LogP contribution < -0.4 is 5.14 Å². The molecule has 0 saturated heterocycles. The van der Waals surface area contributed by atoms with Gasteiger partial charge in [-0.25, -0.2) is 13.6 Å². The second-order valence-corrected chi connectivity index (χ2v) is 8.60. The minimum absolute atomic E-state index is 0.0591. The Labute approximate surface area is 165 Å². The van der Waals surface area contributed by atoms with Crippen molar-refractivity contribution in [2.24, 2.45) is 12.2 Å². The number of hydrogen-bond acceptors (Lipinski definition) is 4. The molecular weight excluding hydrogens is 374 g/mol. The van der Waals surface area contributed by atoms with Gasteiger partial charge in [-0.1, -0.05) is 36.4 Å². The summed E-state index contributed by atoms with van der Waals surface area (Å²) in [7, 11) is -1.84. The molecule has 0 bridgehead atoms. The van der Waals surface area contributed by atoms with Crippen molar-refractivity contribution in [1.29, 1.82) is 0 Å². The van der Waals surface area contributed by atoms with E-state index in [1.165, 1.54) is 0 Å². The summed E-state index contributed by atoms with van der Waals surface area (Å²) in [6.45, 7) is 1.89. The molecule has 0 amide bonds. The van der Waals surface area contributed by atoms with Gasteiger partial charge in [0.2, 0.25) is 15.8 Å². The number of nitrogens with two attached hydrogens (primary N) is 1. The zero-order chi connectivity index (χ0) is 20.3. The molecule has 1 unspecified atom stereocenters. The van der Waals surface area contributed by atoms with Crippen LogP contribution in [0.1, 0.15) is 38.8 Å². The summed E-state index contributed by atoms with van der Waals surface area (Å²) < 4.78 is 25.3. The van der Waals surface area contributed by atoms with Gasteiger partial charge in [0.05, 0.1) is 11.4 Å². The maximum atomic E-state index is 12.9. The van der Waals surface area contributed by atoms with Crippen LogP contribution in [0.15, 0.2) is 60.9 Å². The molecule has 0 aliphatic rings. The number of carbonyl (C=O) groups is 1. The van der Waals surface area contributed by atoms with Crippen LogP contribution in [-0.2, 0) is 23.5 Å². The van der Waals surface area contributed by atoms with E-state index >= 15 is 0 Å². The molecule has 0 fully saturated rings. The summed E-state index contributed by atoms with van der Waals surface area (Å²) in [4.78, 5) is 17.0. The fourth-order valence-electron chi connectivity index (χ4n) is 3.50. The van der Waals surface area contributed by atoms with Crippen molar-refractivity contribution < 1.29 is 13.2 Å². The van der Waals surface area contributed by atoms with Crippen molar-refractivity contribution >= 4 is 15.8 Å². The molecule has 0 aliphatic carbocycles. The van der Waals surface area contributed by atoms with Gasteiger partial charge in [0, 0.05) is 36.6 Å². The monoisotopic (exact) mass is 397 g/mol. The quantitative estimate of drug-likeness (QED) is 0.620. The maximum absolute atomic E-state index is 12.9. The third-order valence-corrected chi connectivity index (χ3v) is 5.69. The van der Waals surface area contributed by atoms with Crippen LogP contribution in [0, 0.1) is 6.92 Å². The normalized spacial score (nSPS) is 12.7. The summed E-state index contributed by atoms with van der Waals surface area (Å²) in [6, 6.07) is 14.6. The molecule has 6 nitrogen and oxygen atoms in total. The van der Waals surface area contributed by atoms with Crippen LogP contribution in [0.2, 0.25) is 0 Å². The standard InChI is InChI=1S/C21H23N3O3S/c1-15-11-19(24(2)20(15)21(25)16-7-4-3-5-8-16)12-18(14-28(22,26)27)17-9-6-10-23-13-17/h3-11,13,18H,12,14H2,1-2H3,(H2,22,26,27). The Hall–Kier alpha value is -2.77. The molecule has 3 rings (SSSR count). The molecular formula is C21H23N3O3S. The van der Waals surface area contributed by atoms with Crippen molar-refractivity contribution in [3.63, 3.8) is 0 Å². The maximum Gasteiger partial charge on any atom is 0.209 e. The Morgan fingerprint density at radius 1 is 1.18 bits per heavy atom. The van der Waals surface area contributed by atoms with Crippen molar-refractivity contribution in [1.82, 2.24) is 9.55 Å². The fourth-order valence-corrected chi connectivity index (χ4v) is 4.37. The van der Waals surface area contributed by atoms with Crippen LogP contribution in [-0.4, -0.2) is 29.5 Å². The van der Waals surface area contributed by atoms with E-state index in [1.54, 1.807) is 30.6 Å².